The molecule has 1 atom stereocenters. The quantitative estimate of drug-likeness (QED) is 0.0348. The maximum Gasteiger partial charge on any atom is 0.306 e. The van der Waals surface area contributed by atoms with Crippen molar-refractivity contribution >= 4 is 11.9 Å². The molecule has 0 bridgehead atoms. The van der Waals surface area contributed by atoms with E-state index in [0.29, 0.717) is 19.4 Å². The molecule has 0 aliphatic rings. The number of carbonyl (C=O) groups excluding carboxylic acids is 2. The Labute approximate surface area is 370 Å². The van der Waals surface area contributed by atoms with Crippen LogP contribution in [0, 0.1) is 0 Å². The SMILES string of the molecule is CC/C=C\C/C=C\C/C=C\C/C=C\C/C=C\CCCCCCOCC(COC(=O)CCCCCCCC/C=C\C/C=C\C/C=C\C/C=C\CC)OC(=O)CCCCCCC. The second kappa shape index (κ2) is 49.9. The molecule has 0 saturated carbocycles. The van der Waals surface area contributed by atoms with Crippen molar-refractivity contribution in [2.24, 2.45) is 0 Å². The van der Waals surface area contributed by atoms with Crippen LogP contribution in [-0.4, -0.2) is 37.9 Å². The number of carbonyl (C=O) groups is 2. The van der Waals surface area contributed by atoms with E-state index < -0.39 is 6.10 Å². The van der Waals surface area contributed by atoms with Crippen LogP contribution in [0.3, 0.4) is 0 Å². The second-order valence-corrected chi connectivity index (χ2v) is 15.6. The highest BCUT2D eigenvalue weighted by Crippen LogP contribution is 2.12. The van der Waals surface area contributed by atoms with E-state index in [2.05, 4.69) is 130 Å². The van der Waals surface area contributed by atoms with Gasteiger partial charge < -0.3 is 14.2 Å². The smallest absolute Gasteiger partial charge is 0.306 e. The molecule has 1 unspecified atom stereocenters. The molecule has 0 aromatic rings. The third kappa shape index (κ3) is 47.2. The van der Waals surface area contributed by atoms with Gasteiger partial charge in [0.15, 0.2) is 6.10 Å². The summed E-state index contributed by atoms with van der Waals surface area (Å²) in [6.45, 7) is 7.44. The Kier molecular flexibility index (Phi) is 47.1. The van der Waals surface area contributed by atoms with E-state index >= 15 is 0 Å². The van der Waals surface area contributed by atoms with Crippen LogP contribution < -0.4 is 0 Å². The normalized spacial score (nSPS) is 13.2. The van der Waals surface area contributed by atoms with Gasteiger partial charge in [0.25, 0.3) is 0 Å². The predicted molar refractivity (Wildman–Crippen MR) is 260 cm³/mol. The molecule has 0 spiro atoms. The van der Waals surface area contributed by atoms with Crippen LogP contribution in [0.1, 0.15) is 201 Å². The van der Waals surface area contributed by atoms with Crippen LogP contribution in [0.2, 0.25) is 0 Å². The average Bonchev–Trinajstić information content (AvgIpc) is 3.25. The van der Waals surface area contributed by atoms with Gasteiger partial charge >= 0.3 is 11.9 Å². The number of hydrogen-bond donors (Lipinski definition) is 0. The van der Waals surface area contributed by atoms with Crippen molar-refractivity contribution in [3.05, 3.63) is 109 Å². The first-order valence-corrected chi connectivity index (χ1v) is 24.4. The molecule has 0 rings (SSSR count). The molecule has 340 valence electrons. The molecule has 0 saturated heterocycles. The van der Waals surface area contributed by atoms with Crippen molar-refractivity contribution < 1.29 is 23.8 Å². The third-order valence-corrected chi connectivity index (χ3v) is 9.80. The second-order valence-electron chi connectivity index (χ2n) is 15.6. The molecule has 60 heavy (non-hydrogen) atoms. The monoisotopic (exact) mass is 831 g/mol. The Bertz CT molecular complexity index is 1210. The number of esters is 2. The van der Waals surface area contributed by atoms with E-state index in [-0.39, 0.29) is 25.2 Å². The summed E-state index contributed by atoms with van der Waals surface area (Å²) in [6.07, 6.45) is 68.4. The number of unbranched alkanes of at least 4 members (excludes halogenated alkanes) is 14. The molecule has 0 N–H and O–H groups in total. The van der Waals surface area contributed by atoms with Gasteiger partial charge in [0.2, 0.25) is 0 Å². The lowest BCUT2D eigenvalue weighted by molar-refractivity contribution is -0.163. The van der Waals surface area contributed by atoms with Crippen molar-refractivity contribution in [3.8, 4) is 0 Å². The Morgan fingerprint density at radius 1 is 0.383 bits per heavy atom. The minimum atomic E-state index is -0.558. The summed E-state index contributed by atoms with van der Waals surface area (Å²) >= 11 is 0. The van der Waals surface area contributed by atoms with Gasteiger partial charge in [0.05, 0.1) is 6.61 Å². The minimum absolute atomic E-state index is 0.0605. The summed E-state index contributed by atoms with van der Waals surface area (Å²) in [4.78, 5) is 25.1. The predicted octanol–water partition coefficient (Wildman–Crippen LogP) is 16.4. The Hall–Kier alpha value is -3.44. The fourth-order valence-corrected chi connectivity index (χ4v) is 6.23. The summed E-state index contributed by atoms with van der Waals surface area (Å²) < 4.78 is 17.2. The average molecular weight is 831 g/mol. The van der Waals surface area contributed by atoms with Crippen molar-refractivity contribution in [3.63, 3.8) is 0 Å². The van der Waals surface area contributed by atoms with Gasteiger partial charge in [-0.25, -0.2) is 0 Å². The fourth-order valence-electron chi connectivity index (χ4n) is 6.23. The number of ether oxygens (including phenoxy) is 3. The molecule has 0 aromatic carbocycles. The third-order valence-electron chi connectivity index (χ3n) is 9.80. The highest BCUT2D eigenvalue weighted by molar-refractivity contribution is 5.70. The largest absolute Gasteiger partial charge is 0.462 e. The zero-order valence-corrected chi connectivity index (χ0v) is 38.9. The molecule has 5 nitrogen and oxygen atoms in total. The molecular weight excluding hydrogens is 741 g/mol. The lowest BCUT2D eigenvalue weighted by atomic mass is 10.1. The van der Waals surface area contributed by atoms with Gasteiger partial charge in [-0.05, 0) is 103 Å². The van der Waals surface area contributed by atoms with Gasteiger partial charge in [-0.15, -0.1) is 0 Å². The summed E-state index contributed by atoms with van der Waals surface area (Å²) in [5.74, 6) is -0.448. The van der Waals surface area contributed by atoms with E-state index in [0.717, 1.165) is 128 Å². The standard InChI is InChI=1S/C55H90O5/c1-4-7-10-13-15-17-19-21-23-25-27-29-31-33-35-37-39-41-44-47-50-58-51-53(60-55(57)49-46-42-12-9-6-3)52-59-54(56)48-45-43-40-38-36-34-32-30-28-26-24-22-20-18-16-14-11-8-5-2/h7-8,10-11,15-18,21-24,27-30,33,35,53H,4-6,9,12-14,19-20,25-26,31-32,34,36-52H2,1-3H3/b10-7-,11-8-,17-15-,18-16-,23-21-,24-22-,29-27-,30-28-,35-33-. The first-order chi connectivity index (χ1) is 29.6. The van der Waals surface area contributed by atoms with Crippen LogP contribution in [0.4, 0.5) is 0 Å². The maximum absolute atomic E-state index is 12.6. The Morgan fingerprint density at radius 2 is 0.750 bits per heavy atom. The van der Waals surface area contributed by atoms with Crippen LogP contribution in [0.25, 0.3) is 0 Å². The van der Waals surface area contributed by atoms with E-state index in [1.807, 2.05) is 0 Å². The first-order valence-electron chi connectivity index (χ1n) is 24.4. The highest BCUT2D eigenvalue weighted by Gasteiger charge is 2.17. The number of allylic oxidation sites excluding steroid dienone is 18. The van der Waals surface area contributed by atoms with Crippen molar-refractivity contribution in [2.75, 3.05) is 19.8 Å². The summed E-state index contributed by atoms with van der Waals surface area (Å²) in [6, 6.07) is 0. The zero-order valence-electron chi connectivity index (χ0n) is 38.9. The fraction of sp³-hybridized carbons (Fsp3) is 0.636. The highest BCUT2D eigenvalue weighted by atomic mass is 16.6. The topological polar surface area (TPSA) is 61.8 Å². The van der Waals surface area contributed by atoms with Crippen LogP contribution >= 0.6 is 0 Å². The summed E-state index contributed by atoms with van der Waals surface area (Å²) in [5.41, 5.74) is 0. The molecule has 0 heterocycles. The molecule has 0 aromatic heterocycles. The number of rotatable bonds is 43. The molecule has 0 aliphatic heterocycles. The van der Waals surface area contributed by atoms with Crippen molar-refractivity contribution in [1.82, 2.24) is 0 Å². The van der Waals surface area contributed by atoms with Crippen molar-refractivity contribution in [2.45, 2.75) is 207 Å². The Balaban J connectivity index is 4.14. The minimum Gasteiger partial charge on any atom is -0.462 e. The molecule has 5 heteroatoms. The summed E-state index contributed by atoms with van der Waals surface area (Å²) in [7, 11) is 0. The molecule has 0 amide bonds. The van der Waals surface area contributed by atoms with Crippen LogP contribution in [0.5, 0.6) is 0 Å². The lowest BCUT2D eigenvalue weighted by Crippen LogP contribution is -2.30. The van der Waals surface area contributed by atoms with Gasteiger partial charge in [-0.3, -0.25) is 9.59 Å². The molecule has 0 fully saturated rings. The Morgan fingerprint density at radius 3 is 1.20 bits per heavy atom. The molecule has 0 radical (unpaired) electrons. The maximum atomic E-state index is 12.6. The van der Waals surface area contributed by atoms with Gasteiger partial charge in [-0.2, -0.15) is 0 Å². The molecule has 0 aliphatic carbocycles. The van der Waals surface area contributed by atoms with Gasteiger partial charge in [0.1, 0.15) is 6.61 Å². The molecular formula is C55H90O5. The van der Waals surface area contributed by atoms with Crippen molar-refractivity contribution in [1.29, 1.82) is 0 Å². The van der Waals surface area contributed by atoms with Gasteiger partial charge in [-0.1, -0.05) is 194 Å². The van der Waals surface area contributed by atoms with Crippen LogP contribution in [-0.2, 0) is 23.8 Å². The van der Waals surface area contributed by atoms with Gasteiger partial charge in [0, 0.05) is 19.4 Å². The van der Waals surface area contributed by atoms with E-state index in [9.17, 15) is 9.59 Å². The van der Waals surface area contributed by atoms with E-state index in [4.69, 9.17) is 14.2 Å². The first kappa shape index (κ1) is 56.6. The lowest BCUT2D eigenvalue weighted by Gasteiger charge is -2.18. The van der Waals surface area contributed by atoms with Crippen LogP contribution in [0.15, 0.2) is 109 Å². The van der Waals surface area contributed by atoms with E-state index in [1.54, 1.807) is 0 Å². The number of hydrogen-bond acceptors (Lipinski definition) is 5. The summed E-state index contributed by atoms with van der Waals surface area (Å²) in [5, 5.41) is 0. The van der Waals surface area contributed by atoms with E-state index in [1.165, 1.54) is 38.5 Å². The zero-order chi connectivity index (χ0) is 43.5.